The van der Waals surface area contributed by atoms with Crippen LogP contribution in [0.2, 0.25) is 0 Å². The molecule has 1 amide bonds. The lowest BCUT2D eigenvalue weighted by Gasteiger charge is -2.34. The van der Waals surface area contributed by atoms with Gasteiger partial charge in [-0.1, -0.05) is 5.16 Å². The van der Waals surface area contributed by atoms with Gasteiger partial charge in [0.05, 0.1) is 19.2 Å². The van der Waals surface area contributed by atoms with E-state index in [1.807, 2.05) is 41.3 Å². The largest absolute Gasteiger partial charge is 0.497 e. The van der Waals surface area contributed by atoms with Crippen molar-refractivity contribution in [1.29, 1.82) is 0 Å². The Labute approximate surface area is 194 Å². The van der Waals surface area contributed by atoms with E-state index in [4.69, 9.17) is 9.26 Å². The molecule has 4 rings (SSSR count). The van der Waals surface area contributed by atoms with Crippen LogP contribution in [-0.2, 0) is 6.54 Å². The van der Waals surface area contributed by atoms with E-state index in [1.165, 1.54) is 0 Å². The molecule has 1 saturated heterocycles. The molecule has 2 aromatic heterocycles. The minimum atomic E-state index is 0.0211. The van der Waals surface area contributed by atoms with Crippen LogP contribution in [0.1, 0.15) is 30.1 Å². The maximum Gasteiger partial charge on any atom is 0.255 e. The van der Waals surface area contributed by atoms with Crippen LogP contribution in [-0.4, -0.2) is 77.2 Å². The highest BCUT2D eigenvalue weighted by Gasteiger charge is 2.24. The summed E-state index contributed by atoms with van der Waals surface area (Å²) in [6.07, 6.45) is 1.68. The maximum atomic E-state index is 12.9. The molecule has 9 heteroatoms. The van der Waals surface area contributed by atoms with Gasteiger partial charge >= 0.3 is 0 Å². The lowest BCUT2D eigenvalue weighted by molar-refractivity contribution is 0.0614. The van der Waals surface area contributed by atoms with Crippen LogP contribution < -0.4 is 9.64 Å². The Morgan fingerprint density at radius 2 is 1.79 bits per heavy atom. The molecule has 0 bridgehead atoms. The predicted molar refractivity (Wildman–Crippen MR) is 125 cm³/mol. The summed E-state index contributed by atoms with van der Waals surface area (Å²) in [6.45, 7) is 9.32. The van der Waals surface area contributed by atoms with Crippen molar-refractivity contribution < 1.29 is 14.1 Å². The smallest absolute Gasteiger partial charge is 0.255 e. The van der Waals surface area contributed by atoms with Crippen molar-refractivity contribution in [2.45, 2.75) is 20.4 Å². The predicted octanol–water partition coefficient (Wildman–Crippen LogP) is 2.94. The fourth-order valence-corrected chi connectivity index (χ4v) is 3.91. The fourth-order valence-electron chi connectivity index (χ4n) is 3.91. The topological polar surface area (TPSA) is 87.8 Å². The third-order valence-electron chi connectivity index (χ3n) is 5.92. The Balaban J connectivity index is 1.30. The summed E-state index contributed by atoms with van der Waals surface area (Å²) in [4.78, 5) is 28.1. The van der Waals surface area contributed by atoms with Gasteiger partial charge in [0.25, 0.3) is 5.91 Å². The lowest BCUT2D eigenvalue weighted by atomic mass is 10.2. The summed E-state index contributed by atoms with van der Waals surface area (Å²) < 4.78 is 10.6. The Morgan fingerprint density at radius 3 is 2.39 bits per heavy atom. The second-order valence-corrected chi connectivity index (χ2v) is 7.89. The number of anilines is 1. The molecule has 0 N–H and O–H groups in total. The van der Waals surface area contributed by atoms with E-state index in [9.17, 15) is 4.79 Å². The van der Waals surface area contributed by atoms with Crippen molar-refractivity contribution in [1.82, 2.24) is 24.9 Å². The molecule has 0 atom stereocenters. The Kier molecular flexibility index (Phi) is 7.19. The van der Waals surface area contributed by atoms with Crippen molar-refractivity contribution in [3.63, 3.8) is 0 Å². The van der Waals surface area contributed by atoms with E-state index in [1.54, 1.807) is 13.3 Å². The molecule has 1 aromatic carbocycles. The van der Waals surface area contributed by atoms with Crippen LogP contribution >= 0.6 is 0 Å². The number of nitrogens with zero attached hydrogens (tertiary/aromatic N) is 6. The van der Waals surface area contributed by atoms with Crippen molar-refractivity contribution in [2.24, 2.45) is 0 Å². The van der Waals surface area contributed by atoms with Gasteiger partial charge in [-0.25, -0.2) is 4.98 Å². The quantitative estimate of drug-likeness (QED) is 0.518. The number of methoxy groups -OCH3 is 1. The number of amides is 1. The molecule has 1 aliphatic heterocycles. The summed E-state index contributed by atoms with van der Waals surface area (Å²) in [7, 11) is 1.63. The van der Waals surface area contributed by atoms with Gasteiger partial charge < -0.3 is 19.1 Å². The number of hydrogen-bond donors (Lipinski definition) is 0. The molecule has 1 fully saturated rings. The van der Waals surface area contributed by atoms with Gasteiger partial charge in [0.2, 0.25) is 11.7 Å². The van der Waals surface area contributed by atoms with Crippen LogP contribution in [0.25, 0.3) is 11.4 Å². The first kappa shape index (κ1) is 22.7. The van der Waals surface area contributed by atoms with Crippen molar-refractivity contribution >= 4 is 11.7 Å². The molecule has 0 aliphatic carbocycles. The van der Waals surface area contributed by atoms with Crippen molar-refractivity contribution in [3.8, 4) is 17.1 Å². The van der Waals surface area contributed by atoms with Gasteiger partial charge in [-0.3, -0.25) is 9.69 Å². The van der Waals surface area contributed by atoms with E-state index in [2.05, 4.69) is 38.8 Å². The van der Waals surface area contributed by atoms with Gasteiger partial charge in [-0.15, -0.1) is 0 Å². The fraction of sp³-hybridized carbons (Fsp3) is 0.417. The Bertz CT molecular complexity index is 1040. The van der Waals surface area contributed by atoms with Gasteiger partial charge in [0.1, 0.15) is 11.6 Å². The van der Waals surface area contributed by atoms with Gasteiger partial charge in [0, 0.05) is 51.0 Å². The minimum Gasteiger partial charge on any atom is -0.497 e. The van der Waals surface area contributed by atoms with E-state index >= 15 is 0 Å². The van der Waals surface area contributed by atoms with Crippen molar-refractivity contribution in [2.75, 3.05) is 51.3 Å². The molecular weight excluding hydrogens is 420 g/mol. The molecule has 0 saturated carbocycles. The average molecular weight is 451 g/mol. The maximum absolute atomic E-state index is 12.9. The summed E-state index contributed by atoms with van der Waals surface area (Å²) in [6, 6.07) is 11.3. The van der Waals surface area contributed by atoms with Crippen LogP contribution in [0.15, 0.2) is 47.1 Å². The first-order chi connectivity index (χ1) is 16.1. The molecule has 3 heterocycles. The van der Waals surface area contributed by atoms with E-state index in [-0.39, 0.29) is 5.91 Å². The lowest BCUT2D eigenvalue weighted by Crippen LogP contribution is -2.48. The van der Waals surface area contributed by atoms with Gasteiger partial charge in [0.15, 0.2) is 0 Å². The third kappa shape index (κ3) is 5.31. The molecular formula is C24H30N6O3. The number of ether oxygens (including phenoxy) is 1. The summed E-state index contributed by atoms with van der Waals surface area (Å²) >= 11 is 0. The number of carbonyl (C=O) groups is 1. The van der Waals surface area contributed by atoms with E-state index in [0.717, 1.165) is 43.3 Å². The first-order valence-electron chi connectivity index (χ1n) is 11.3. The minimum absolute atomic E-state index is 0.0211. The molecule has 3 aromatic rings. The number of pyridine rings is 1. The molecule has 174 valence electrons. The number of carbonyl (C=O) groups excluding carboxylic acids is 1. The number of benzene rings is 1. The highest BCUT2D eigenvalue weighted by atomic mass is 16.5. The monoisotopic (exact) mass is 450 g/mol. The molecule has 9 nitrogen and oxygen atoms in total. The summed E-state index contributed by atoms with van der Waals surface area (Å²) in [5.74, 6) is 2.83. The standard InChI is InChI=1S/C24H30N6O3/c1-4-29(5-2)21-11-8-19(16-25-21)24(31)30-14-12-28(13-15-30)17-22-26-23(27-33-22)18-6-9-20(32-3)10-7-18/h6-11,16H,4-5,12-15,17H2,1-3H3. The van der Waals surface area contributed by atoms with Crippen LogP contribution in [0, 0.1) is 0 Å². The highest BCUT2D eigenvalue weighted by molar-refractivity contribution is 5.94. The molecule has 1 aliphatic rings. The van der Waals surface area contributed by atoms with Crippen LogP contribution in [0.3, 0.4) is 0 Å². The molecule has 33 heavy (non-hydrogen) atoms. The zero-order valence-electron chi connectivity index (χ0n) is 19.4. The van der Waals surface area contributed by atoms with E-state index in [0.29, 0.717) is 36.9 Å². The second kappa shape index (κ2) is 10.4. The zero-order valence-corrected chi connectivity index (χ0v) is 19.4. The SMILES string of the molecule is CCN(CC)c1ccc(C(=O)N2CCN(Cc3nc(-c4ccc(OC)cc4)no3)CC2)cn1. The Morgan fingerprint density at radius 1 is 1.06 bits per heavy atom. The average Bonchev–Trinajstić information content (AvgIpc) is 3.34. The van der Waals surface area contributed by atoms with Crippen LogP contribution in [0.5, 0.6) is 5.75 Å². The van der Waals surface area contributed by atoms with E-state index < -0.39 is 0 Å². The summed E-state index contributed by atoms with van der Waals surface area (Å²) in [5.41, 5.74) is 1.50. The number of piperazine rings is 1. The van der Waals surface area contributed by atoms with Gasteiger partial charge in [-0.05, 0) is 50.2 Å². The normalized spacial score (nSPS) is 14.3. The first-order valence-corrected chi connectivity index (χ1v) is 11.3. The Hall–Kier alpha value is -3.46. The highest BCUT2D eigenvalue weighted by Crippen LogP contribution is 2.20. The second-order valence-electron chi connectivity index (χ2n) is 7.89. The number of rotatable bonds is 8. The van der Waals surface area contributed by atoms with Gasteiger partial charge in [-0.2, -0.15) is 4.98 Å². The van der Waals surface area contributed by atoms with Crippen molar-refractivity contribution in [3.05, 3.63) is 54.0 Å². The molecule has 0 radical (unpaired) electrons. The zero-order chi connectivity index (χ0) is 23.2. The molecule has 0 unspecified atom stereocenters. The summed E-state index contributed by atoms with van der Waals surface area (Å²) in [5, 5.41) is 4.09. The molecule has 0 spiro atoms. The third-order valence-corrected chi connectivity index (χ3v) is 5.92. The number of aromatic nitrogens is 3. The number of hydrogen-bond acceptors (Lipinski definition) is 8. The van der Waals surface area contributed by atoms with Crippen LogP contribution in [0.4, 0.5) is 5.82 Å².